The van der Waals surface area contributed by atoms with Gasteiger partial charge in [-0.3, -0.25) is 9.78 Å². The van der Waals surface area contributed by atoms with Crippen molar-refractivity contribution in [2.24, 2.45) is 0 Å². The van der Waals surface area contributed by atoms with Crippen LogP contribution in [0.15, 0.2) is 53.7 Å². The fourth-order valence-corrected chi connectivity index (χ4v) is 2.94. The van der Waals surface area contributed by atoms with Crippen LogP contribution in [0.4, 0.5) is 5.69 Å². The number of carbonyl (C=O) groups is 1. The first-order chi connectivity index (χ1) is 10.5. The Morgan fingerprint density at radius 2 is 1.77 bits per heavy atom. The molecule has 0 bridgehead atoms. The zero-order chi connectivity index (χ0) is 16.0. The summed E-state index contributed by atoms with van der Waals surface area (Å²) >= 11 is 0. The van der Waals surface area contributed by atoms with Crippen molar-refractivity contribution < 1.29 is 17.9 Å². The number of carbonyl (C=O) groups excluding carboxylic acids is 1. The third kappa shape index (κ3) is 4.12. The van der Waals surface area contributed by atoms with Gasteiger partial charge in [-0.1, -0.05) is 0 Å². The van der Waals surface area contributed by atoms with E-state index in [1.54, 1.807) is 24.5 Å². The topological polar surface area (TPSA) is 85.4 Å². The summed E-state index contributed by atoms with van der Waals surface area (Å²) in [6.45, 7) is 0.132. The number of hydrogen-bond donors (Lipinski definition) is 1. The monoisotopic (exact) mass is 320 g/mol. The standard InChI is InChI=1S/C15H16N2O4S/c1-21-10-11-22(19,20)14-4-2-12(3-5-14)15(18)17-13-6-8-16-9-7-13/h2-9H,10-11H2,1H3,(H,16,17,18). The van der Waals surface area contributed by atoms with Crippen molar-refractivity contribution in [3.8, 4) is 0 Å². The first-order valence-corrected chi connectivity index (χ1v) is 8.21. The van der Waals surface area contributed by atoms with Crippen LogP contribution in [0.2, 0.25) is 0 Å². The molecule has 0 saturated carbocycles. The van der Waals surface area contributed by atoms with Crippen LogP contribution >= 0.6 is 0 Å². The second-order valence-electron chi connectivity index (χ2n) is 4.53. The molecular formula is C15H16N2O4S. The van der Waals surface area contributed by atoms with E-state index in [1.165, 1.54) is 31.4 Å². The number of nitrogens with zero attached hydrogens (tertiary/aromatic N) is 1. The fourth-order valence-electron chi connectivity index (χ4n) is 1.76. The van der Waals surface area contributed by atoms with E-state index in [4.69, 9.17) is 4.74 Å². The molecule has 0 aliphatic rings. The largest absolute Gasteiger partial charge is 0.384 e. The predicted octanol–water partition coefficient (Wildman–Crippen LogP) is 1.75. The van der Waals surface area contributed by atoms with Crippen LogP contribution in [-0.2, 0) is 14.6 Å². The van der Waals surface area contributed by atoms with Gasteiger partial charge in [-0.05, 0) is 36.4 Å². The van der Waals surface area contributed by atoms with E-state index in [1.807, 2.05) is 0 Å². The van der Waals surface area contributed by atoms with E-state index in [9.17, 15) is 13.2 Å². The molecule has 7 heteroatoms. The molecule has 1 aromatic carbocycles. The molecule has 2 rings (SSSR count). The SMILES string of the molecule is COCCS(=O)(=O)c1ccc(C(=O)Nc2ccncc2)cc1. The molecule has 1 aromatic heterocycles. The third-order valence-electron chi connectivity index (χ3n) is 2.97. The highest BCUT2D eigenvalue weighted by Gasteiger charge is 2.15. The summed E-state index contributed by atoms with van der Waals surface area (Å²) < 4.78 is 28.7. The highest BCUT2D eigenvalue weighted by atomic mass is 32.2. The molecule has 0 saturated heterocycles. The number of amides is 1. The highest BCUT2D eigenvalue weighted by Crippen LogP contribution is 2.14. The molecule has 0 radical (unpaired) electrons. The molecule has 0 unspecified atom stereocenters. The number of sulfone groups is 1. The highest BCUT2D eigenvalue weighted by molar-refractivity contribution is 7.91. The molecule has 0 aliphatic heterocycles. The molecule has 2 aromatic rings. The maximum atomic E-state index is 12.0. The lowest BCUT2D eigenvalue weighted by Gasteiger charge is -2.07. The van der Waals surface area contributed by atoms with Crippen molar-refractivity contribution in [1.82, 2.24) is 4.98 Å². The Kier molecular flexibility index (Phi) is 5.24. The van der Waals surface area contributed by atoms with Crippen molar-refractivity contribution in [2.75, 3.05) is 24.8 Å². The Balaban J connectivity index is 2.10. The van der Waals surface area contributed by atoms with Crippen LogP contribution in [0.5, 0.6) is 0 Å². The number of hydrogen-bond acceptors (Lipinski definition) is 5. The summed E-state index contributed by atoms with van der Waals surface area (Å²) in [5.41, 5.74) is 0.999. The number of rotatable bonds is 6. The summed E-state index contributed by atoms with van der Waals surface area (Å²) in [6.07, 6.45) is 3.14. The Labute approximate surface area is 129 Å². The number of pyridine rings is 1. The van der Waals surface area contributed by atoms with E-state index < -0.39 is 9.84 Å². The lowest BCUT2D eigenvalue weighted by Crippen LogP contribution is -2.14. The van der Waals surface area contributed by atoms with Crippen LogP contribution in [0.25, 0.3) is 0 Å². The van der Waals surface area contributed by atoms with Gasteiger partial charge in [0.25, 0.3) is 5.91 Å². The quantitative estimate of drug-likeness (QED) is 0.876. The number of benzene rings is 1. The molecule has 0 fully saturated rings. The maximum absolute atomic E-state index is 12.0. The van der Waals surface area contributed by atoms with Crippen molar-refractivity contribution in [2.45, 2.75) is 4.90 Å². The fraction of sp³-hybridized carbons (Fsp3) is 0.200. The molecule has 1 amide bonds. The van der Waals surface area contributed by atoms with Gasteiger partial charge >= 0.3 is 0 Å². The summed E-state index contributed by atoms with van der Waals surface area (Å²) in [6, 6.07) is 9.15. The zero-order valence-corrected chi connectivity index (χ0v) is 12.8. The van der Waals surface area contributed by atoms with Crippen molar-refractivity contribution in [3.63, 3.8) is 0 Å². The van der Waals surface area contributed by atoms with E-state index >= 15 is 0 Å². The van der Waals surface area contributed by atoms with Gasteiger partial charge in [0.1, 0.15) is 0 Å². The number of nitrogens with one attached hydrogen (secondary N) is 1. The smallest absolute Gasteiger partial charge is 0.255 e. The molecule has 116 valence electrons. The number of methoxy groups -OCH3 is 1. The van der Waals surface area contributed by atoms with Gasteiger partial charge in [-0.25, -0.2) is 8.42 Å². The van der Waals surface area contributed by atoms with Crippen LogP contribution < -0.4 is 5.32 Å². The van der Waals surface area contributed by atoms with Gasteiger partial charge in [0.2, 0.25) is 0 Å². The van der Waals surface area contributed by atoms with Crippen LogP contribution in [0, 0.1) is 0 Å². The zero-order valence-electron chi connectivity index (χ0n) is 12.0. The first kappa shape index (κ1) is 16.1. The minimum absolute atomic E-state index is 0.0912. The van der Waals surface area contributed by atoms with Crippen LogP contribution in [0.1, 0.15) is 10.4 Å². The van der Waals surface area contributed by atoms with E-state index in [0.717, 1.165) is 0 Å². The first-order valence-electron chi connectivity index (χ1n) is 6.56. The number of aromatic nitrogens is 1. The second kappa shape index (κ2) is 7.15. The van der Waals surface area contributed by atoms with E-state index in [0.29, 0.717) is 11.3 Å². The molecule has 22 heavy (non-hydrogen) atoms. The Bertz CT molecular complexity index is 728. The predicted molar refractivity (Wildman–Crippen MR) is 82.6 cm³/mol. The molecule has 0 spiro atoms. The van der Waals surface area contributed by atoms with Gasteiger partial charge in [0.05, 0.1) is 17.3 Å². The average molecular weight is 320 g/mol. The second-order valence-corrected chi connectivity index (χ2v) is 6.64. The molecule has 6 nitrogen and oxygen atoms in total. The van der Waals surface area contributed by atoms with Gasteiger partial charge in [-0.2, -0.15) is 0 Å². The lowest BCUT2D eigenvalue weighted by molar-refractivity contribution is 0.102. The summed E-state index contributed by atoms with van der Waals surface area (Å²) in [7, 11) is -1.94. The van der Waals surface area contributed by atoms with Crippen LogP contribution in [-0.4, -0.2) is 38.8 Å². The van der Waals surface area contributed by atoms with Gasteiger partial charge in [0, 0.05) is 30.8 Å². The Hall–Kier alpha value is -2.25. The lowest BCUT2D eigenvalue weighted by atomic mass is 10.2. The normalized spacial score (nSPS) is 11.1. The van der Waals surface area contributed by atoms with Gasteiger partial charge in [-0.15, -0.1) is 0 Å². The molecular weight excluding hydrogens is 304 g/mol. The summed E-state index contributed by atoms with van der Waals surface area (Å²) in [5, 5.41) is 2.70. The average Bonchev–Trinajstić information content (AvgIpc) is 2.54. The summed E-state index contributed by atoms with van der Waals surface area (Å²) in [5.74, 6) is -0.404. The minimum Gasteiger partial charge on any atom is -0.384 e. The molecule has 1 N–H and O–H groups in total. The van der Waals surface area contributed by atoms with Gasteiger partial charge in [0.15, 0.2) is 9.84 Å². The van der Waals surface area contributed by atoms with Crippen molar-refractivity contribution >= 4 is 21.4 Å². The molecule has 0 atom stereocenters. The Morgan fingerprint density at radius 1 is 1.14 bits per heavy atom. The van der Waals surface area contributed by atoms with E-state index in [-0.39, 0.29) is 23.2 Å². The van der Waals surface area contributed by atoms with Crippen molar-refractivity contribution in [3.05, 3.63) is 54.4 Å². The van der Waals surface area contributed by atoms with Crippen molar-refractivity contribution in [1.29, 1.82) is 0 Å². The molecule has 0 aliphatic carbocycles. The summed E-state index contributed by atoms with van der Waals surface area (Å²) in [4.78, 5) is 16.1. The number of ether oxygens (including phenoxy) is 1. The molecule has 1 heterocycles. The Morgan fingerprint density at radius 3 is 2.36 bits per heavy atom. The minimum atomic E-state index is -3.39. The number of anilines is 1. The van der Waals surface area contributed by atoms with E-state index in [2.05, 4.69) is 10.3 Å². The van der Waals surface area contributed by atoms with Gasteiger partial charge < -0.3 is 10.1 Å². The third-order valence-corrected chi connectivity index (χ3v) is 4.66. The maximum Gasteiger partial charge on any atom is 0.255 e. The van der Waals surface area contributed by atoms with Crippen LogP contribution in [0.3, 0.4) is 0 Å².